The van der Waals surface area contributed by atoms with E-state index in [2.05, 4.69) is 52.0 Å². The first-order valence-corrected chi connectivity index (χ1v) is 7.36. The second-order valence-electron chi connectivity index (χ2n) is 3.23. The third kappa shape index (κ3) is 17.6. The third-order valence-corrected chi connectivity index (χ3v) is 1.84. The van der Waals surface area contributed by atoms with Crippen molar-refractivity contribution < 1.29 is 0 Å². The van der Waals surface area contributed by atoms with Crippen LogP contribution in [-0.4, -0.2) is 0 Å². The molecule has 1 aromatic carbocycles. The van der Waals surface area contributed by atoms with E-state index in [0.29, 0.717) is 0 Å². The van der Waals surface area contributed by atoms with Gasteiger partial charge in [0.15, 0.2) is 0 Å². The van der Waals surface area contributed by atoms with Crippen LogP contribution >= 0.6 is 0 Å². The SMILES string of the molecule is C.CC.CC.CCC.CCc1ccc(CC)cc1. The lowest BCUT2D eigenvalue weighted by molar-refractivity contribution is 1.09. The quantitative estimate of drug-likeness (QED) is 0.537. The van der Waals surface area contributed by atoms with Gasteiger partial charge in [0.25, 0.3) is 0 Å². The number of hydrogen-bond acceptors (Lipinski definition) is 0. The summed E-state index contributed by atoms with van der Waals surface area (Å²) in [6.07, 6.45) is 3.54. The van der Waals surface area contributed by atoms with E-state index in [9.17, 15) is 0 Å². The second-order valence-corrected chi connectivity index (χ2v) is 3.23. The van der Waals surface area contributed by atoms with Gasteiger partial charge in [-0.15, -0.1) is 0 Å². The summed E-state index contributed by atoms with van der Waals surface area (Å²) >= 11 is 0. The lowest BCUT2D eigenvalue weighted by Crippen LogP contribution is -1.81. The molecule has 0 spiro atoms. The summed E-state index contributed by atoms with van der Waals surface area (Å²) in [4.78, 5) is 0. The van der Waals surface area contributed by atoms with E-state index in [1.165, 1.54) is 17.5 Å². The van der Waals surface area contributed by atoms with Crippen LogP contribution in [0.5, 0.6) is 0 Å². The molecule has 0 atom stereocenters. The monoisotopic (exact) mass is 254 g/mol. The number of rotatable bonds is 2. The van der Waals surface area contributed by atoms with Gasteiger partial charge in [-0.1, -0.05) is 93.5 Å². The fourth-order valence-electron chi connectivity index (χ4n) is 1.01. The minimum absolute atomic E-state index is 0. The average Bonchev–Trinajstić information content (AvgIpc) is 2.44. The van der Waals surface area contributed by atoms with E-state index >= 15 is 0 Å². The molecule has 0 heterocycles. The molecule has 0 aliphatic heterocycles. The predicted molar refractivity (Wildman–Crippen MR) is 90.6 cm³/mol. The fourth-order valence-corrected chi connectivity index (χ4v) is 1.01. The molecule has 0 N–H and O–H groups in total. The molecule has 18 heavy (non-hydrogen) atoms. The lowest BCUT2D eigenvalue weighted by Gasteiger charge is -1.97. The highest BCUT2D eigenvalue weighted by molar-refractivity contribution is 5.22. The second kappa shape index (κ2) is 25.2. The van der Waals surface area contributed by atoms with Crippen LogP contribution in [0.2, 0.25) is 0 Å². The van der Waals surface area contributed by atoms with Crippen molar-refractivity contribution in [3.63, 3.8) is 0 Å². The van der Waals surface area contributed by atoms with Crippen molar-refractivity contribution in [2.45, 2.75) is 82.1 Å². The van der Waals surface area contributed by atoms with Crippen molar-refractivity contribution in [3.8, 4) is 0 Å². The summed E-state index contributed by atoms with van der Waals surface area (Å²) in [5.74, 6) is 0. The summed E-state index contributed by atoms with van der Waals surface area (Å²) in [6.45, 7) is 16.6. The van der Waals surface area contributed by atoms with E-state index in [1.54, 1.807) is 0 Å². The molecule has 1 aromatic rings. The number of benzene rings is 1. The van der Waals surface area contributed by atoms with Crippen LogP contribution in [-0.2, 0) is 12.8 Å². The van der Waals surface area contributed by atoms with Crippen LogP contribution < -0.4 is 0 Å². The Morgan fingerprint density at radius 1 is 0.611 bits per heavy atom. The summed E-state index contributed by atoms with van der Waals surface area (Å²) < 4.78 is 0. The van der Waals surface area contributed by atoms with E-state index in [-0.39, 0.29) is 7.43 Å². The van der Waals surface area contributed by atoms with Gasteiger partial charge in [-0.25, -0.2) is 0 Å². The van der Waals surface area contributed by atoms with Gasteiger partial charge in [0.05, 0.1) is 0 Å². The van der Waals surface area contributed by atoms with Gasteiger partial charge < -0.3 is 0 Å². The molecule has 0 saturated heterocycles. The van der Waals surface area contributed by atoms with Crippen LogP contribution in [0.4, 0.5) is 0 Å². The molecule has 0 bridgehead atoms. The Hall–Kier alpha value is -0.780. The van der Waals surface area contributed by atoms with Gasteiger partial charge in [-0.2, -0.15) is 0 Å². The highest BCUT2D eigenvalue weighted by Gasteiger charge is 1.88. The molecular weight excluding hydrogens is 216 g/mol. The Kier molecular flexibility index (Phi) is 36.2. The molecule has 110 valence electrons. The van der Waals surface area contributed by atoms with Crippen LogP contribution in [0.25, 0.3) is 0 Å². The zero-order valence-corrected chi connectivity index (χ0v) is 13.4. The molecule has 0 unspecified atom stereocenters. The Labute approximate surface area is 118 Å². The Morgan fingerprint density at radius 3 is 0.889 bits per heavy atom. The minimum Gasteiger partial charge on any atom is -0.0776 e. The molecular formula is C18H38. The van der Waals surface area contributed by atoms with Gasteiger partial charge in [0.2, 0.25) is 0 Å². The third-order valence-electron chi connectivity index (χ3n) is 1.84. The Morgan fingerprint density at radius 2 is 0.778 bits per heavy atom. The number of aryl methyl sites for hydroxylation is 2. The molecule has 0 amide bonds. The fraction of sp³-hybridized carbons (Fsp3) is 0.667. The van der Waals surface area contributed by atoms with Gasteiger partial charge in [-0.05, 0) is 24.0 Å². The van der Waals surface area contributed by atoms with Gasteiger partial charge >= 0.3 is 0 Å². The summed E-state index contributed by atoms with van der Waals surface area (Å²) in [7, 11) is 0. The zero-order chi connectivity index (χ0) is 14.1. The van der Waals surface area contributed by atoms with Crippen LogP contribution in [0.1, 0.15) is 80.4 Å². The van der Waals surface area contributed by atoms with Crippen molar-refractivity contribution in [3.05, 3.63) is 35.4 Å². The maximum atomic E-state index is 2.21. The van der Waals surface area contributed by atoms with Crippen molar-refractivity contribution in [1.29, 1.82) is 0 Å². The molecule has 0 aromatic heterocycles. The van der Waals surface area contributed by atoms with E-state index in [0.717, 1.165) is 12.8 Å². The highest BCUT2D eigenvalue weighted by Crippen LogP contribution is 2.04. The largest absolute Gasteiger partial charge is 0.0776 e. The van der Waals surface area contributed by atoms with Crippen molar-refractivity contribution >= 4 is 0 Å². The first kappa shape index (κ1) is 25.9. The van der Waals surface area contributed by atoms with Crippen molar-refractivity contribution in [1.82, 2.24) is 0 Å². The van der Waals surface area contributed by atoms with E-state index in [1.807, 2.05) is 27.7 Å². The number of hydrogen-bond donors (Lipinski definition) is 0. The predicted octanol–water partition coefficient (Wildman–Crippen LogP) is 6.92. The molecule has 0 fully saturated rings. The van der Waals surface area contributed by atoms with Crippen molar-refractivity contribution in [2.24, 2.45) is 0 Å². The Balaban J connectivity index is -0.000000106. The molecule has 0 aliphatic rings. The highest BCUT2D eigenvalue weighted by atomic mass is 13.9. The van der Waals surface area contributed by atoms with Crippen LogP contribution in [0.3, 0.4) is 0 Å². The van der Waals surface area contributed by atoms with E-state index in [4.69, 9.17) is 0 Å². The van der Waals surface area contributed by atoms with Gasteiger partial charge in [0, 0.05) is 0 Å². The maximum absolute atomic E-state index is 2.21. The lowest BCUT2D eigenvalue weighted by atomic mass is 10.1. The first-order valence-electron chi connectivity index (χ1n) is 7.36. The smallest absolute Gasteiger partial charge is 0.0307 e. The molecule has 0 saturated carbocycles. The maximum Gasteiger partial charge on any atom is -0.0307 e. The van der Waals surface area contributed by atoms with Gasteiger partial charge in [-0.3, -0.25) is 0 Å². The molecule has 0 nitrogen and oxygen atoms in total. The zero-order valence-electron chi connectivity index (χ0n) is 13.4. The standard InChI is InChI=1S/C10H14.C3H8.2C2H6.CH4/c1-3-9-5-7-10(4-2)8-6-9;1-3-2;2*1-2;/h5-8H,3-4H2,1-2H3;3H2,1-2H3;2*1-2H3;1H4. The van der Waals surface area contributed by atoms with Crippen LogP contribution in [0.15, 0.2) is 24.3 Å². The normalized spacial score (nSPS) is 7.11. The van der Waals surface area contributed by atoms with Crippen LogP contribution in [0, 0.1) is 0 Å². The first-order chi connectivity index (χ1) is 8.28. The Bertz CT molecular complexity index is 173. The average molecular weight is 255 g/mol. The summed E-state index contributed by atoms with van der Waals surface area (Å²) in [6, 6.07) is 8.83. The molecule has 0 radical (unpaired) electrons. The van der Waals surface area contributed by atoms with Gasteiger partial charge in [0.1, 0.15) is 0 Å². The van der Waals surface area contributed by atoms with Crippen molar-refractivity contribution in [2.75, 3.05) is 0 Å². The summed E-state index contributed by atoms with van der Waals surface area (Å²) in [5.41, 5.74) is 2.86. The molecule has 1 rings (SSSR count). The molecule has 0 heteroatoms. The van der Waals surface area contributed by atoms with E-state index < -0.39 is 0 Å². The molecule has 0 aliphatic carbocycles. The summed E-state index contributed by atoms with van der Waals surface area (Å²) in [5, 5.41) is 0. The minimum atomic E-state index is 0. The topological polar surface area (TPSA) is 0 Å².